The number of hydrogen-bond donors (Lipinski definition) is 2. The van der Waals surface area contributed by atoms with Gasteiger partial charge in [-0.25, -0.2) is 0 Å². The highest BCUT2D eigenvalue weighted by molar-refractivity contribution is 5.85. The van der Waals surface area contributed by atoms with Crippen LogP contribution in [0.15, 0.2) is 0 Å². The van der Waals surface area contributed by atoms with Gasteiger partial charge in [0.05, 0.1) is 0 Å². The molecule has 0 aromatic carbocycles. The van der Waals surface area contributed by atoms with E-state index in [1.807, 2.05) is 0 Å². The molecular formula is C8H16ClNO2. The van der Waals surface area contributed by atoms with E-state index < -0.39 is 5.97 Å². The monoisotopic (exact) mass is 193 g/mol. The lowest BCUT2D eigenvalue weighted by Gasteiger charge is -2.16. The molecular weight excluding hydrogens is 178 g/mol. The Bertz CT molecular complexity index is 170. The van der Waals surface area contributed by atoms with Crippen molar-refractivity contribution in [3.05, 3.63) is 0 Å². The highest BCUT2D eigenvalue weighted by Gasteiger charge is 2.31. The second-order valence-corrected chi connectivity index (χ2v) is 3.93. The minimum absolute atomic E-state index is 0. The molecule has 0 bridgehead atoms. The van der Waals surface area contributed by atoms with Gasteiger partial charge in [0.1, 0.15) is 0 Å². The molecule has 1 saturated heterocycles. The predicted octanol–water partition coefficient (Wildman–Crippen LogP) is 1.27. The number of halogens is 1. The van der Waals surface area contributed by atoms with Gasteiger partial charge in [0.2, 0.25) is 0 Å². The second kappa shape index (κ2) is 4.10. The maximum absolute atomic E-state index is 10.3. The normalized spacial score (nSPS) is 26.3. The molecule has 0 amide bonds. The summed E-state index contributed by atoms with van der Waals surface area (Å²) in [6, 6.07) is 0. The highest BCUT2D eigenvalue weighted by atomic mass is 35.5. The van der Waals surface area contributed by atoms with E-state index in [4.69, 9.17) is 5.11 Å². The molecule has 0 aromatic heterocycles. The first-order valence-corrected chi connectivity index (χ1v) is 3.96. The van der Waals surface area contributed by atoms with Crippen molar-refractivity contribution in [1.82, 2.24) is 5.32 Å². The Kier molecular flexibility index (Phi) is 4.00. The molecule has 2 N–H and O–H groups in total. The molecule has 3 nitrogen and oxygen atoms in total. The number of hydrogen-bond acceptors (Lipinski definition) is 2. The lowest BCUT2D eigenvalue weighted by Crippen LogP contribution is -2.31. The van der Waals surface area contributed by atoms with Crippen LogP contribution < -0.4 is 5.32 Å². The van der Waals surface area contributed by atoms with Gasteiger partial charge >= 0.3 is 5.97 Å². The van der Waals surface area contributed by atoms with Crippen molar-refractivity contribution in [3.63, 3.8) is 0 Å². The summed E-state index contributed by atoms with van der Waals surface area (Å²) in [5, 5.41) is 11.8. The van der Waals surface area contributed by atoms with Gasteiger partial charge in [-0.15, -0.1) is 12.4 Å². The molecule has 1 aliphatic heterocycles. The fourth-order valence-corrected chi connectivity index (χ4v) is 1.68. The van der Waals surface area contributed by atoms with E-state index in [0.29, 0.717) is 12.3 Å². The van der Waals surface area contributed by atoms with Crippen LogP contribution >= 0.6 is 12.4 Å². The Morgan fingerprint density at radius 3 is 2.58 bits per heavy atom. The summed E-state index contributed by atoms with van der Waals surface area (Å²) in [7, 11) is 0. The van der Waals surface area contributed by atoms with Crippen molar-refractivity contribution in [1.29, 1.82) is 0 Å². The standard InChI is InChI=1S/C8H15NO2.ClH/c1-8(2)4-6(5-9-8)3-7(10)11;/h6,9H,3-5H2,1-2H3,(H,10,11);1H. The molecule has 12 heavy (non-hydrogen) atoms. The molecule has 0 saturated carbocycles. The molecule has 1 rings (SSSR count). The highest BCUT2D eigenvalue weighted by Crippen LogP contribution is 2.25. The van der Waals surface area contributed by atoms with Crippen LogP contribution in [0.25, 0.3) is 0 Å². The lowest BCUT2D eigenvalue weighted by molar-refractivity contribution is -0.137. The molecule has 0 radical (unpaired) electrons. The van der Waals surface area contributed by atoms with Crippen LogP contribution in [0.3, 0.4) is 0 Å². The summed E-state index contributed by atoms with van der Waals surface area (Å²) in [6.45, 7) is 5.06. The molecule has 1 atom stereocenters. The molecule has 72 valence electrons. The first kappa shape index (κ1) is 11.7. The Morgan fingerprint density at radius 1 is 1.67 bits per heavy atom. The maximum Gasteiger partial charge on any atom is 0.303 e. The van der Waals surface area contributed by atoms with Gasteiger partial charge in [-0.05, 0) is 32.7 Å². The van der Waals surface area contributed by atoms with E-state index in [1.165, 1.54) is 0 Å². The van der Waals surface area contributed by atoms with Crippen LogP contribution in [-0.4, -0.2) is 23.2 Å². The van der Waals surface area contributed by atoms with Gasteiger partial charge in [-0.1, -0.05) is 0 Å². The Hall–Kier alpha value is -0.280. The average Bonchev–Trinajstić information content (AvgIpc) is 2.08. The first-order valence-electron chi connectivity index (χ1n) is 3.96. The third kappa shape index (κ3) is 3.41. The molecule has 0 spiro atoms. The van der Waals surface area contributed by atoms with Crippen LogP contribution in [0, 0.1) is 5.92 Å². The van der Waals surface area contributed by atoms with Crippen molar-refractivity contribution >= 4 is 18.4 Å². The Morgan fingerprint density at radius 2 is 2.25 bits per heavy atom. The topological polar surface area (TPSA) is 49.3 Å². The molecule has 1 aliphatic rings. The van der Waals surface area contributed by atoms with E-state index in [-0.39, 0.29) is 17.9 Å². The quantitative estimate of drug-likeness (QED) is 0.695. The van der Waals surface area contributed by atoms with Crippen molar-refractivity contribution in [2.24, 2.45) is 5.92 Å². The lowest BCUT2D eigenvalue weighted by atomic mass is 9.95. The summed E-state index contributed by atoms with van der Waals surface area (Å²) in [5.74, 6) is -0.364. The molecule has 0 aliphatic carbocycles. The minimum atomic E-state index is -0.686. The van der Waals surface area contributed by atoms with Gasteiger partial charge < -0.3 is 10.4 Å². The third-order valence-corrected chi connectivity index (χ3v) is 2.13. The average molecular weight is 194 g/mol. The summed E-state index contributed by atoms with van der Waals surface area (Å²) in [5.41, 5.74) is 0.139. The van der Waals surface area contributed by atoms with Crippen molar-refractivity contribution < 1.29 is 9.90 Å². The number of aliphatic carboxylic acids is 1. The van der Waals surface area contributed by atoms with E-state index in [9.17, 15) is 4.79 Å². The second-order valence-electron chi connectivity index (χ2n) is 3.93. The van der Waals surface area contributed by atoms with Gasteiger partial charge in [-0.2, -0.15) is 0 Å². The largest absolute Gasteiger partial charge is 0.481 e. The van der Waals surface area contributed by atoms with Gasteiger partial charge in [0.15, 0.2) is 0 Å². The first-order chi connectivity index (χ1) is 4.99. The van der Waals surface area contributed by atoms with E-state index in [0.717, 1.165) is 13.0 Å². The smallest absolute Gasteiger partial charge is 0.303 e. The van der Waals surface area contributed by atoms with Crippen molar-refractivity contribution in [3.8, 4) is 0 Å². The van der Waals surface area contributed by atoms with Gasteiger partial charge in [0.25, 0.3) is 0 Å². The molecule has 1 fully saturated rings. The fraction of sp³-hybridized carbons (Fsp3) is 0.875. The SMILES string of the molecule is CC1(C)CC(CC(=O)O)CN1.Cl. The number of carbonyl (C=O) groups is 1. The van der Waals surface area contributed by atoms with Crippen LogP contribution in [0.1, 0.15) is 26.7 Å². The summed E-state index contributed by atoms with van der Waals surface area (Å²) >= 11 is 0. The zero-order valence-corrected chi connectivity index (χ0v) is 8.28. The minimum Gasteiger partial charge on any atom is -0.481 e. The van der Waals surface area contributed by atoms with Crippen LogP contribution in [0.4, 0.5) is 0 Å². The number of carboxylic acids is 1. The van der Waals surface area contributed by atoms with Gasteiger partial charge in [-0.3, -0.25) is 4.79 Å². The number of rotatable bonds is 2. The predicted molar refractivity (Wildman–Crippen MR) is 49.7 cm³/mol. The molecule has 4 heteroatoms. The molecule has 0 aromatic rings. The third-order valence-electron chi connectivity index (χ3n) is 2.13. The number of carboxylic acid groups (broad SMARTS) is 1. The van der Waals surface area contributed by atoms with E-state index >= 15 is 0 Å². The van der Waals surface area contributed by atoms with E-state index in [2.05, 4.69) is 19.2 Å². The van der Waals surface area contributed by atoms with Crippen LogP contribution in [0.2, 0.25) is 0 Å². The zero-order valence-electron chi connectivity index (χ0n) is 7.46. The molecule has 1 heterocycles. The zero-order chi connectivity index (χ0) is 8.48. The van der Waals surface area contributed by atoms with E-state index in [1.54, 1.807) is 0 Å². The maximum atomic E-state index is 10.3. The van der Waals surface area contributed by atoms with Gasteiger partial charge in [0, 0.05) is 12.0 Å². The number of nitrogens with one attached hydrogen (secondary N) is 1. The van der Waals surface area contributed by atoms with Crippen LogP contribution in [0.5, 0.6) is 0 Å². The Balaban J connectivity index is 0.00000121. The fourth-order valence-electron chi connectivity index (χ4n) is 1.68. The van der Waals surface area contributed by atoms with Crippen LogP contribution in [-0.2, 0) is 4.79 Å². The van der Waals surface area contributed by atoms with Crippen molar-refractivity contribution in [2.45, 2.75) is 32.2 Å². The molecule has 1 unspecified atom stereocenters. The summed E-state index contributed by atoms with van der Waals surface area (Å²) < 4.78 is 0. The summed E-state index contributed by atoms with van der Waals surface area (Å²) in [4.78, 5) is 10.3. The van der Waals surface area contributed by atoms with Crippen molar-refractivity contribution in [2.75, 3.05) is 6.54 Å². The Labute approximate surface area is 78.9 Å². The summed E-state index contributed by atoms with van der Waals surface area (Å²) in [6.07, 6.45) is 1.27.